The van der Waals surface area contributed by atoms with Gasteiger partial charge in [0, 0.05) is 41.3 Å². The van der Waals surface area contributed by atoms with Crippen LogP contribution in [0, 0.1) is 0 Å². The Bertz CT molecular complexity index is 1030. The number of hydrogen-bond acceptors (Lipinski definition) is 18. The molecular formula is C34H60O16S2. The molecule has 0 aromatic rings. The van der Waals surface area contributed by atoms with Gasteiger partial charge in [0.25, 0.3) is 0 Å². The van der Waals surface area contributed by atoms with E-state index in [0.29, 0.717) is 26.4 Å². The van der Waals surface area contributed by atoms with E-state index >= 15 is 0 Å². The molecular weight excluding hydrogens is 728 g/mol. The van der Waals surface area contributed by atoms with E-state index < -0.39 is 22.4 Å². The molecule has 4 atom stereocenters. The van der Waals surface area contributed by atoms with Gasteiger partial charge in [-0.25, -0.2) is 0 Å². The molecule has 0 radical (unpaired) electrons. The molecule has 0 fully saturated rings. The second-order valence-electron chi connectivity index (χ2n) is 11.0. The molecule has 0 aliphatic heterocycles. The average molecular weight is 789 g/mol. The van der Waals surface area contributed by atoms with E-state index in [1.54, 1.807) is 21.0 Å². The van der Waals surface area contributed by atoms with Crippen molar-refractivity contribution in [2.24, 2.45) is 0 Å². The van der Waals surface area contributed by atoms with Gasteiger partial charge in [-0.05, 0) is 41.5 Å². The van der Waals surface area contributed by atoms with E-state index in [1.165, 1.54) is 49.0 Å². The minimum atomic E-state index is -0.572. The first kappa shape index (κ1) is 55.8. The standard InChI is InChI=1S/C9H16O4S.C9H16O4.C8H14O4S.C8H14O4/c1-6(5-12-3)13-9(11)4-8(14)7(2)10;1-7(10)4-5-9(11)13-8(2)6-12-3;1-6(9)7(13)5-8(10)12-4-3-11-2;1-7(9)3-4-8(10)12-6-5-11-2/h6,8,14H,4-5H2,1-3H3;8H,4-6H2,1-3H3;7,13H,3-5H2,1-2H3;3-6H2,1-2H3. The number of thiol groups is 2. The van der Waals surface area contributed by atoms with Crippen LogP contribution in [0.4, 0.5) is 0 Å². The number of Topliss-reactive ketones (excluding diaryl/α,β-unsaturated/α-hetero) is 4. The van der Waals surface area contributed by atoms with Crippen LogP contribution in [0.1, 0.15) is 80.1 Å². The number of carbonyl (C=O) groups excluding carboxylic acids is 8. The van der Waals surface area contributed by atoms with E-state index in [0.717, 1.165) is 0 Å². The van der Waals surface area contributed by atoms with Gasteiger partial charge in [0.15, 0.2) is 0 Å². The Morgan fingerprint density at radius 1 is 0.462 bits per heavy atom. The molecule has 18 heteroatoms. The third-order valence-corrected chi connectivity index (χ3v) is 6.68. The summed E-state index contributed by atoms with van der Waals surface area (Å²) < 4.78 is 38.3. The first-order valence-electron chi connectivity index (χ1n) is 16.3. The molecule has 0 saturated heterocycles. The maximum Gasteiger partial charge on any atom is 0.307 e. The largest absolute Gasteiger partial charge is 0.463 e. The first-order chi connectivity index (χ1) is 24.3. The van der Waals surface area contributed by atoms with Crippen LogP contribution < -0.4 is 0 Å². The van der Waals surface area contributed by atoms with Crippen molar-refractivity contribution in [2.75, 3.05) is 68.1 Å². The highest BCUT2D eigenvalue weighted by Gasteiger charge is 2.17. The summed E-state index contributed by atoms with van der Waals surface area (Å²) in [7, 11) is 6.12. The van der Waals surface area contributed by atoms with Gasteiger partial charge in [0.2, 0.25) is 0 Å². The van der Waals surface area contributed by atoms with Crippen LogP contribution >= 0.6 is 25.3 Å². The van der Waals surface area contributed by atoms with Crippen molar-refractivity contribution in [2.45, 2.75) is 103 Å². The second kappa shape index (κ2) is 37.8. The van der Waals surface area contributed by atoms with Crippen molar-refractivity contribution in [3.8, 4) is 0 Å². The summed E-state index contributed by atoms with van der Waals surface area (Å²) in [5.74, 6) is -1.81. The zero-order chi connectivity index (χ0) is 41.1. The summed E-state index contributed by atoms with van der Waals surface area (Å²) in [6.07, 6.45) is 0.311. The van der Waals surface area contributed by atoms with Crippen LogP contribution in [0.5, 0.6) is 0 Å². The van der Waals surface area contributed by atoms with Gasteiger partial charge < -0.3 is 47.5 Å². The molecule has 0 N–H and O–H groups in total. The summed E-state index contributed by atoms with van der Waals surface area (Å²) in [6, 6.07) is 0. The summed E-state index contributed by atoms with van der Waals surface area (Å²) in [5.41, 5.74) is 0. The van der Waals surface area contributed by atoms with Crippen molar-refractivity contribution in [1.29, 1.82) is 0 Å². The topological polar surface area (TPSA) is 210 Å². The summed E-state index contributed by atoms with van der Waals surface area (Å²) in [4.78, 5) is 86.4. The molecule has 0 heterocycles. The van der Waals surface area contributed by atoms with Gasteiger partial charge in [-0.1, -0.05) is 0 Å². The number of ether oxygens (including phenoxy) is 8. The lowest BCUT2D eigenvalue weighted by Gasteiger charge is -2.13. The molecule has 0 rings (SSSR count). The number of ketones is 4. The quantitative estimate of drug-likeness (QED) is 0.0623. The molecule has 0 bridgehead atoms. The van der Waals surface area contributed by atoms with Crippen LogP contribution in [-0.2, 0) is 76.3 Å². The van der Waals surface area contributed by atoms with Crippen LogP contribution in [-0.4, -0.2) is 138 Å². The zero-order valence-corrected chi connectivity index (χ0v) is 34.0. The van der Waals surface area contributed by atoms with Crippen molar-refractivity contribution in [3.63, 3.8) is 0 Å². The molecule has 0 spiro atoms. The lowest BCUT2D eigenvalue weighted by Crippen LogP contribution is -2.23. The highest BCUT2D eigenvalue weighted by atomic mass is 32.1. The maximum atomic E-state index is 11.2. The van der Waals surface area contributed by atoms with Gasteiger partial charge in [0.1, 0.15) is 48.6 Å². The van der Waals surface area contributed by atoms with E-state index in [2.05, 4.69) is 34.7 Å². The van der Waals surface area contributed by atoms with Gasteiger partial charge in [-0.2, -0.15) is 25.3 Å². The lowest BCUT2D eigenvalue weighted by molar-refractivity contribution is -0.151. The third kappa shape index (κ3) is 45.1. The van der Waals surface area contributed by atoms with Crippen LogP contribution in [0.2, 0.25) is 0 Å². The third-order valence-electron chi connectivity index (χ3n) is 5.59. The highest BCUT2D eigenvalue weighted by Crippen LogP contribution is 2.06. The predicted molar refractivity (Wildman–Crippen MR) is 197 cm³/mol. The summed E-state index contributed by atoms with van der Waals surface area (Å²) in [6.45, 7) is 11.1. The monoisotopic (exact) mass is 788 g/mol. The first-order valence-corrected chi connectivity index (χ1v) is 17.3. The van der Waals surface area contributed by atoms with Gasteiger partial charge in [-0.3, -0.25) is 28.8 Å². The van der Waals surface area contributed by atoms with E-state index in [4.69, 9.17) is 28.4 Å². The smallest absolute Gasteiger partial charge is 0.307 e. The molecule has 0 saturated carbocycles. The average Bonchev–Trinajstić information content (AvgIpc) is 3.04. The highest BCUT2D eigenvalue weighted by molar-refractivity contribution is 7.82. The Balaban J connectivity index is -0.000000296. The summed E-state index contributed by atoms with van der Waals surface area (Å²) in [5, 5.41) is -1.13. The van der Waals surface area contributed by atoms with Crippen LogP contribution in [0.15, 0.2) is 0 Å². The van der Waals surface area contributed by atoms with Crippen LogP contribution in [0.3, 0.4) is 0 Å². The Morgan fingerprint density at radius 3 is 1.15 bits per heavy atom. The van der Waals surface area contributed by atoms with Crippen molar-refractivity contribution in [1.82, 2.24) is 0 Å². The fraction of sp³-hybridized carbons (Fsp3) is 0.765. The Labute approximate surface area is 318 Å². The fourth-order valence-electron chi connectivity index (χ4n) is 2.86. The zero-order valence-electron chi connectivity index (χ0n) is 32.2. The summed E-state index contributed by atoms with van der Waals surface area (Å²) >= 11 is 7.88. The number of esters is 4. The van der Waals surface area contributed by atoms with Gasteiger partial charge in [0.05, 0.1) is 62.6 Å². The van der Waals surface area contributed by atoms with Crippen molar-refractivity contribution >= 4 is 72.3 Å². The predicted octanol–water partition coefficient (Wildman–Crippen LogP) is 2.77. The maximum absolute atomic E-state index is 11.2. The number of rotatable bonds is 24. The molecule has 52 heavy (non-hydrogen) atoms. The van der Waals surface area contributed by atoms with E-state index in [1.807, 2.05) is 0 Å². The van der Waals surface area contributed by atoms with E-state index in [-0.39, 0.29) is 99.0 Å². The Kier molecular flexibility index (Phi) is 40.6. The Morgan fingerprint density at radius 2 is 0.808 bits per heavy atom. The second-order valence-corrected chi connectivity index (χ2v) is 12.3. The van der Waals surface area contributed by atoms with Gasteiger partial charge >= 0.3 is 23.9 Å². The minimum absolute atomic E-state index is 0.00121. The van der Waals surface area contributed by atoms with Crippen molar-refractivity contribution in [3.05, 3.63) is 0 Å². The van der Waals surface area contributed by atoms with Crippen molar-refractivity contribution < 1.29 is 76.3 Å². The lowest BCUT2D eigenvalue weighted by atomic mass is 10.2. The fourth-order valence-corrected chi connectivity index (χ4v) is 3.16. The molecule has 0 amide bonds. The molecule has 0 aliphatic rings. The molecule has 16 nitrogen and oxygen atoms in total. The SMILES string of the molecule is COCC(C)OC(=O)CC(S)C(C)=O.COCC(C)OC(=O)CCC(C)=O.COCCOC(=O)CC(S)C(C)=O.COCCOC(=O)CCC(C)=O. The normalized spacial score (nSPS) is 12.2. The number of methoxy groups -OCH3 is 4. The molecule has 304 valence electrons. The number of carbonyl (C=O) groups is 8. The molecule has 0 aromatic carbocycles. The number of hydrogen-bond donors (Lipinski definition) is 2. The molecule has 4 unspecified atom stereocenters. The Hall–Kier alpha value is -2.90. The minimum Gasteiger partial charge on any atom is -0.463 e. The van der Waals surface area contributed by atoms with E-state index in [9.17, 15) is 38.4 Å². The molecule has 0 aliphatic carbocycles. The van der Waals surface area contributed by atoms with Gasteiger partial charge in [-0.15, -0.1) is 0 Å². The van der Waals surface area contributed by atoms with Crippen LogP contribution in [0.25, 0.3) is 0 Å². The molecule has 0 aromatic heterocycles.